The van der Waals surface area contributed by atoms with Gasteiger partial charge in [-0.1, -0.05) is 12.1 Å². The minimum Gasteiger partial charge on any atom is -0.346 e. The van der Waals surface area contributed by atoms with Gasteiger partial charge in [-0.3, -0.25) is 9.82 Å². The van der Waals surface area contributed by atoms with Gasteiger partial charge in [-0.2, -0.15) is 5.10 Å². The normalized spacial score (nSPS) is 16.2. The quantitative estimate of drug-likeness (QED) is 0.894. The molecule has 0 atom stereocenters. The molecule has 3 rings (SSSR count). The third kappa shape index (κ3) is 2.92. The van der Waals surface area contributed by atoms with Crippen molar-refractivity contribution in [2.45, 2.75) is 18.1 Å². The first-order valence-corrected chi connectivity index (χ1v) is 7.90. The van der Waals surface area contributed by atoms with Gasteiger partial charge >= 0.3 is 0 Å². The Hall–Kier alpha value is -1.90. The lowest BCUT2D eigenvalue weighted by atomic mass is 10.2. The molecule has 21 heavy (non-hydrogen) atoms. The van der Waals surface area contributed by atoms with Crippen molar-refractivity contribution < 1.29 is 17.9 Å². The number of H-pyrrole nitrogens is 1. The second-order valence-electron chi connectivity index (χ2n) is 4.66. The van der Waals surface area contributed by atoms with Crippen LogP contribution in [0, 0.1) is 6.92 Å². The molecule has 1 saturated heterocycles. The number of nitrogens with one attached hydrogen (secondary N) is 2. The molecule has 7 nitrogen and oxygen atoms in total. The van der Waals surface area contributed by atoms with Crippen LogP contribution in [0.3, 0.4) is 0 Å². The van der Waals surface area contributed by atoms with Crippen molar-refractivity contribution in [3.8, 4) is 0 Å². The highest BCUT2D eigenvalue weighted by atomic mass is 32.2. The van der Waals surface area contributed by atoms with E-state index in [2.05, 4.69) is 14.9 Å². The molecule has 2 heterocycles. The highest BCUT2D eigenvalue weighted by molar-refractivity contribution is 7.92. The summed E-state index contributed by atoms with van der Waals surface area (Å²) in [5, 5.41) is 6.33. The number of ether oxygens (including phenoxy) is 2. The number of sulfonamides is 1. The molecule has 1 aliphatic heterocycles. The van der Waals surface area contributed by atoms with Gasteiger partial charge in [0.2, 0.25) is 0 Å². The predicted octanol–water partition coefficient (Wildman–Crippen LogP) is 1.56. The highest BCUT2D eigenvalue weighted by Gasteiger charge is 2.21. The van der Waals surface area contributed by atoms with Crippen molar-refractivity contribution >= 4 is 15.7 Å². The summed E-state index contributed by atoms with van der Waals surface area (Å²) in [7, 11) is -3.67. The Morgan fingerprint density at radius 1 is 1.33 bits per heavy atom. The van der Waals surface area contributed by atoms with Crippen molar-refractivity contribution in [1.82, 2.24) is 10.2 Å². The molecule has 2 N–H and O–H groups in total. The van der Waals surface area contributed by atoms with Crippen molar-refractivity contribution in [2.75, 3.05) is 17.9 Å². The maximum Gasteiger partial charge on any atom is 0.265 e. The Kier molecular flexibility index (Phi) is 3.66. The van der Waals surface area contributed by atoms with Crippen molar-refractivity contribution in [3.05, 3.63) is 41.7 Å². The summed E-state index contributed by atoms with van der Waals surface area (Å²) >= 11 is 0. The lowest BCUT2D eigenvalue weighted by molar-refractivity contribution is -0.0440. The fourth-order valence-corrected chi connectivity index (χ4v) is 3.31. The lowest BCUT2D eigenvalue weighted by Gasteiger charge is -2.12. The lowest BCUT2D eigenvalue weighted by Crippen LogP contribution is -2.13. The van der Waals surface area contributed by atoms with Crippen LogP contribution in [0.1, 0.15) is 17.5 Å². The van der Waals surface area contributed by atoms with Crippen LogP contribution in [0.4, 0.5) is 5.69 Å². The zero-order valence-corrected chi connectivity index (χ0v) is 12.2. The van der Waals surface area contributed by atoms with Crippen LogP contribution in [0.15, 0.2) is 35.4 Å². The van der Waals surface area contributed by atoms with Gasteiger partial charge < -0.3 is 9.47 Å². The van der Waals surface area contributed by atoms with Gasteiger partial charge in [-0.25, -0.2) is 8.42 Å². The van der Waals surface area contributed by atoms with Gasteiger partial charge in [0, 0.05) is 11.3 Å². The number of hydrogen-bond donors (Lipinski definition) is 2. The van der Waals surface area contributed by atoms with Gasteiger partial charge in [0.15, 0.2) is 6.29 Å². The molecule has 0 aliphatic carbocycles. The van der Waals surface area contributed by atoms with Crippen molar-refractivity contribution in [1.29, 1.82) is 0 Å². The van der Waals surface area contributed by atoms with Gasteiger partial charge in [0.05, 0.1) is 25.1 Å². The molecular formula is C13H15N3O4S. The van der Waals surface area contributed by atoms with Crippen LogP contribution < -0.4 is 4.72 Å². The van der Waals surface area contributed by atoms with Crippen LogP contribution >= 0.6 is 0 Å². The fourth-order valence-electron chi connectivity index (χ4n) is 2.12. The van der Waals surface area contributed by atoms with Crippen molar-refractivity contribution in [3.63, 3.8) is 0 Å². The van der Waals surface area contributed by atoms with E-state index in [4.69, 9.17) is 9.47 Å². The summed E-state index contributed by atoms with van der Waals surface area (Å²) in [4.78, 5) is 0.126. The molecule has 1 aliphatic rings. The first kappa shape index (κ1) is 14.1. The molecular weight excluding hydrogens is 294 g/mol. The Labute approximate surface area is 122 Å². The van der Waals surface area contributed by atoms with Gasteiger partial charge in [0.1, 0.15) is 4.90 Å². The van der Waals surface area contributed by atoms with E-state index in [-0.39, 0.29) is 4.90 Å². The van der Waals surface area contributed by atoms with Crippen LogP contribution in [-0.4, -0.2) is 31.8 Å². The number of nitrogens with zero attached hydrogens (tertiary/aromatic N) is 1. The van der Waals surface area contributed by atoms with E-state index in [1.54, 1.807) is 25.1 Å². The number of aryl methyl sites for hydroxylation is 1. The Bertz CT molecular complexity index is 735. The minimum absolute atomic E-state index is 0.126. The first-order chi connectivity index (χ1) is 10.1. The molecule has 0 bridgehead atoms. The van der Waals surface area contributed by atoms with Gasteiger partial charge in [-0.15, -0.1) is 0 Å². The first-order valence-electron chi connectivity index (χ1n) is 6.42. The Morgan fingerprint density at radius 3 is 2.76 bits per heavy atom. The SMILES string of the molecule is Cc1[nH]ncc1S(=O)(=O)Nc1cccc(C2OCCO2)c1. The van der Waals surface area contributed by atoms with Crippen LogP contribution in [0.2, 0.25) is 0 Å². The number of hydrogen-bond acceptors (Lipinski definition) is 5. The average molecular weight is 309 g/mol. The number of aromatic nitrogens is 2. The topological polar surface area (TPSA) is 93.3 Å². The van der Waals surface area contributed by atoms with E-state index in [1.807, 2.05) is 6.07 Å². The molecule has 8 heteroatoms. The van der Waals surface area contributed by atoms with E-state index in [0.29, 0.717) is 24.6 Å². The molecule has 0 unspecified atom stereocenters. The summed E-state index contributed by atoms with van der Waals surface area (Å²) in [6.45, 7) is 2.72. The molecule has 0 saturated carbocycles. The van der Waals surface area contributed by atoms with Crippen LogP contribution in [0.5, 0.6) is 0 Å². The van der Waals surface area contributed by atoms with E-state index < -0.39 is 16.3 Å². The molecule has 2 aromatic rings. The zero-order valence-electron chi connectivity index (χ0n) is 11.4. The predicted molar refractivity (Wildman–Crippen MR) is 75.2 cm³/mol. The van der Waals surface area contributed by atoms with E-state index >= 15 is 0 Å². The van der Waals surface area contributed by atoms with Crippen molar-refractivity contribution in [2.24, 2.45) is 0 Å². The summed E-state index contributed by atoms with van der Waals surface area (Å²) in [6.07, 6.45) is 0.843. The minimum atomic E-state index is -3.67. The third-order valence-corrected chi connectivity index (χ3v) is 4.60. The largest absolute Gasteiger partial charge is 0.346 e. The summed E-state index contributed by atoms with van der Waals surface area (Å²) in [5.41, 5.74) is 1.71. The maximum atomic E-state index is 12.3. The number of rotatable bonds is 4. The average Bonchev–Trinajstić information content (AvgIpc) is 3.09. The van der Waals surface area contributed by atoms with Crippen LogP contribution in [-0.2, 0) is 19.5 Å². The highest BCUT2D eigenvalue weighted by Crippen LogP contribution is 2.26. The molecule has 0 radical (unpaired) electrons. The molecule has 0 spiro atoms. The summed E-state index contributed by atoms with van der Waals surface area (Å²) < 4.78 is 37.9. The molecule has 1 fully saturated rings. The Balaban J connectivity index is 1.85. The number of benzene rings is 1. The fraction of sp³-hybridized carbons (Fsp3) is 0.308. The van der Waals surface area contributed by atoms with E-state index in [1.165, 1.54) is 6.20 Å². The maximum absolute atomic E-state index is 12.3. The molecule has 0 amide bonds. The monoisotopic (exact) mass is 309 g/mol. The van der Waals surface area contributed by atoms with E-state index in [0.717, 1.165) is 5.56 Å². The smallest absolute Gasteiger partial charge is 0.265 e. The second-order valence-corrected chi connectivity index (χ2v) is 6.31. The Morgan fingerprint density at radius 2 is 2.10 bits per heavy atom. The molecule has 1 aromatic carbocycles. The van der Waals surface area contributed by atoms with Crippen LogP contribution in [0.25, 0.3) is 0 Å². The number of anilines is 1. The molecule has 112 valence electrons. The summed E-state index contributed by atoms with van der Waals surface area (Å²) in [6, 6.07) is 6.95. The van der Waals surface area contributed by atoms with Gasteiger partial charge in [0.25, 0.3) is 10.0 Å². The zero-order chi connectivity index (χ0) is 14.9. The standard InChI is InChI=1S/C13H15N3O4S/c1-9-12(8-14-15-9)21(17,18)16-11-4-2-3-10(7-11)13-19-5-6-20-13/h2-4,7-8,13,16H,5-6H2,1H3,(H,14,15). The summed E-state index contributed by atoms with van der Waals surface area (Å²) in [5.74, 6) is 0. The third-order valence-electron chi connectivity index (χ3n) is 3.11. The second kappa shape index (κ2) is 5.47. The van der Waals surface area contributed by atoms with E-state index in [9.17, 15) is 8.42 Å². The molecule has 1 aromatic heterocycles. The van der Waals surface area contributed by atoms with Gasteiger partial charge in [-0.05, 0) is 19.1 Å². The number of aromatic amines is 1.